The van der Waals surface area contributed by atoms with Crippen molar-refractivity contribution in [1.82, 2.24) is 4.90 Å². The van der Waals surface area contributed by atoms with Crippen LogP contribution in [0.5, 0.6) is 0 Å². The van der Waals surface area contributed by atoms with Gasteiger partial charge in [-0.25, -0.2) is 4.79 Å². The van der Waals surface area contributed by atoms with Gasteiger partial charge in [-0.1, -0.05) is 84.9 Å². The maximum absolute atomic E-state index is 14.4. The van der Waals surface area contributed by atoms with E-state index in [1.807, 2.05) is 58.1 Å². The standard InChI is InChI=1S/C53H84NO12P/c1-32-18-14-13-15-19-33(2)46(63-10)30-42-23-21-39(8)53(61,65-42)50(58)51(59)54-25-17-16-20-43(54)52(60)64-47(36(5)29-41-22-24-45(35(4)28-41)66-67(11,12)62)31-44(55)34(3)27-38(7)49(57)40(9)48(56)37(6)26-32/h13-15,18-19,27,32,34-37,39-43,45-47,49,57,61H,16-17,20-26,28-31H2,1-12H3/b15-13+,18-14+,33-19+,38-27+/t32-,34-,35-,36-,37-,39-,40+,41-,42+,43+,45-,46+,47+,49-,53-/m1/s1. The van der Waals surface area contributed by atoms with Crippen molar-refractivity contribution in [3.63, 3.8) is 0 Å². The summed E-state index contributed by atoms with van der Waals surface area (Å²) < 4.78 is 36.8. The third-order valence-electron chi connectivity index (χ3n) is 15.0. The number of carbonyl (C=O) groups excluding carboxylic acids is 5. The van der Waals surface area contributed by atoms with Crippen LogP contribution in [0.15, 0.2) is 47.6 Å². The average molecular weight is 958 g/mol. The zero-order chi connectivity index (χ0) is 50.0. The first kappa shape index (κ1) is 56.5. The molecule has 0 aromatic rings. The number of hydrogen-bond acceptors (Lipinski definition) is 12. The number of cyclic esters (lactones) is 1. The molecule has 1 saturated carbocycles. The Labute approximate surface area is 401 Å². The number of aliphatic hydroxyl groups excluding tert-OH is 1. The molecule has 378 valence electrons. The van der Waals surface area contributed by atoms with E-state index in [-0.39, 0.29) is 66.6 Å². The number of piperidine rings is 1. The first-order chi connectivity index (χ1) is 31.4. The summed E-state index contributed by atoms with van der Waals surface area (Å²) in [5.41, 5.74) is 1.39. The van der Waals surface area contributed by atoms with Crippen molar-refractivity contribution >= 4 is 36.6 Å². The zero-order valence-electron chi connectivity index (χ0n) is 42.6. The second-order valence-electron chi connectivity index (χ2n) is 21.3. The van der Waals surface area contributed by atoms with Gasteiger partial charge in [-0.3, -0.25) is 23.7 Å². The first-order valence-electron chi connectivity index (χ1n) is 25.0. The Morgan fingerprint density at radius 3 is 2.25 bits per heavy atom. The number of hydrogen-bond donors (Lipinski definition) is 2. The van der Waals surface area contributed by atoms with Gasteiger partial charge in [0.05, 0.1) is 24.4 Å². The molecule has 0 aromatic carbocycles. The Balaban J connectivity index is 1.68. The van der Waals surface area contributed by atoms with Gasteiger partial charge in [-0.05, 0) is 113 Å². The maximum atomic E-state index is 14.4. The number of amides is 1. The number of allylic oxidation sites excluding steroid dienone is 6. The monoisotopic (exact) mass is 958 g/mol. The molecular weight excluding hydrogens is 874 g/mol. The van der Waals surface area contributed by atoms with E-state index < -0.39 is 79.0 Å². The van der Waals surface area contributed by atoms with E-state index >= 15 is 0 Å². The van der Waals surface area contributed by atoms with Gasteiger partial charge in [0.1, 0.15) is 23.7 Å². The van der Waals surface area contributed by atoms with Gasteiger partial charge >= 0.3 is 5.97 Å². The average Bonchev–Trinajstić information content (AvgIpc) is 3.27. The number of ketones is 3. The van der Waals surface area contributed by atoms with E-state index in [0.29, 0.717) is 50.5 Å². The highest BCUT2D eigenvalue weighted by atomic mass is 31.2. The molecule has 2 N–H and O–H groups in total. The quantitative estimate of drug-likeness (QED) is 0.112. The smallest absolute Gasteiger partial charge is 0.329 e. The van der Waals surface area contributed by atoms with Crippen LogP contribution in [0.4, 0.5) is 0 Å². The summed E-state index contributed by atoms with van der Waals surface area (Å²) in [6.07, 6.45) is 14.3. The van der Waals surface area contributed by atoms with Crippen molar-refractivity contribution < 1.29 is 57.5 Å². The van der Waals surface area contributed by atoms with Crippen LogP contribution in [-0.2, 0) is 47.3 Å². The summed E-state index contributed by atoms with van der Waals surface area (Å²) in [6.45, 7) is 20.1. The molecule has 2 saturated heterocycles. The molecule has 67 heavy (non-hydrogen) atoms. The molecule has 1 amide bonds. The van der Waals surface area contributed by atoms with Gasteiger partial charge in [0, 0.05) is 63.5 Å². The van der Waals surface area contributed by atoms with Crippen molar-refractivity contribution in [2.45, 2.75) is 182 Å². The van der Waals surface area contributed by atoms with Crippen LogP contribution in [0.3, 0.4) is 0 Å². The van der Waals surface area contributed by atoms with E-state index in [4.69, 9.17) is 18.7 Å². The number of rotatable bonds is 6. The van der Waals surface area contributed by atoms with E-state index in [1.165, 1.54) is 4.90 Å². The molecule has 2 bridgehead atoms. The minimum atomic E-state index is -2.69. The SMILES string of the molecule is CO[C@H]1C[C@@H]2CC[C@@H](C)[C@@](O)(O2)C(=O)C(=O)N2CCCC[C@H]2C(=O)O[C@H]([C@H](C)C[C@@H]2CC[C@@H](OP(C)(C)=O)[C@H](C)C2)CC(=O)[C@H](C)/C=C(\C)[C@@H](O)[C@@H](C)C(=O)[C@H](C)C[C@H](C)/C=C/C=C/C=C/1C. The fraction of sp³-hybridized carbons (Fsp3) is 0.755. The van der Waals surface area contributed by atoms with Gasteiger partial charge < -0.3 is 33.8 Å². The van der Waals surface area contributed by atoms with Crippen molar-refractivity contribution in [3.05, 3.63) is 47.6 Å². The summed E-state index contributed by atoms with van der Waals surface area (Å²) in [4.78, 5) is 72.0. The molecule has 15 atom stereocenters. The normalized spacial score (nSPS) is 39.8. The van der Waals surface area contributed by atoms with E-state index in [0.717, 1.165) is 24.8 Å². The largest absolute Gasteiger partial charge is 0.460 e. The minimum absolute atomic E-state index is 0.0657. The Morgan fingerprint density at radius 2 is 1.60 bits per heavy atom. The van der Waals surface area contributed by atoms with Gasteiger partial charge in [-0.15, -0.1) is 0 Å². The van der Waals surface area contributed by atoms with Crippen LogP contribution in [0.1, 0.15) is 139 Å². The highest BCUT2D eigenvalue weighted by Crippen LogP contribution is 2.46. The molecule has 4 rings (SSSR count). The molecule has 14 heteroatoms. The lowest BCUT2D eigenvalue weighted by Gasteiger charge is -2.42. The maximum Gasteiger partial charge on any atom is 0.329 e. The number of nitrogens with zero attached hydrogens (tertiary/aromatic N) is 1. The highest BCUT2D eigenvalue weighted by molar-refractivity contribution is 7.57. The number of esters is 1. The predicted octanol–water partition coefficient (Wildman–Crippen LogP) is 8.98. The summed E-state index contributed by atoms with van der Waals surface area (Å²) in [5.74, 6) is -7.83. The zero-order valence-corrected chi connectivity index (χ0v) is 43.5. The van der Waals surface area contributed by atoms with Crippen molar-refractivity contribution in [3.8, 4) is 0 Å². The van der Waals surface area contributed by atoms with Gasteiger partial charge in [0.15, 0.2) is 7.37 Å². The van der Waals surface area contributed by atoms with E-state index in [9.17, 15) is 38.8 Å². The molecular formula is C53H84NO12P. The van der Waals surface area contributed by atoms with Crippen LogP contribution < -0.4 is 0 Å². The number of Topliss-reactive ketones (excluding diaryl/α,β-unsaturated/α-hetero) is 3. The van der Waals surface area contributed by atoms with Gasteiger partial charge in [0.2, 0.25) is 5.79 Å². The van der Waals surface area contributed by atoms with Crippen LogP contribution in [-0.4, -0.2) is 114 Å². The lowest BCUT2D eigenvalue weighted by Crippen LogP contribution is -2.61. The Hall–Kier alpha value is -3.06. The molecule has 3 heterocycles. The highest BCUT2D eigenvalue weighted by Gasteiger charge is 2.53. The third-order valence-corrected chi connectivity index (χ3v) is 15.8. The molecule has 4 aliphatic rings. The molecule has 0 radical (unpaired) electrons. The Bertz CT molecular complexity index is 1900. The summed E-state index contributed by atoms with van der Waals surface area (Å²) in [6, 6.07) is -1.12. The van der Waals surface area contributed by atoms with Crippen LogP contribution in [0, 0.1) is 47.3 Å². The first-order valence-corrected chi connectivity index (χ1v) is 27.5. The molecule has 3 aliphatic heterocycles. The van der Waals surface area contributed by atoms with Gasteiger partial charge in [0.25, 0.3) is 11.7 Å². The number of aliphatic hydroxyl groups is 2. The van der Waals surface area contributed by atoms with Crippen molar-refractivity contribution in [1.29, 1.82) is 0 Å². The van der Waals surface area contributed by atoms with E-state index in [2.05, 4.69) is 6.92 Å². The molecule has 1 aliphatic carbocycles. The predicted molar refractivity (Wildman–Crippen MR) is 260 cm³/mol. The number of carbonyl (C=O) groups is 5. The summed E-state index contributed by atoms with van der Waals surface area (Å²) >= 11 is 0. The van der Waals surface area contributed by atoms with E-state index in [1.54, 1.807) is 54.2 Å². The summed E-state index contributed by atoms with van der Waals surface area (Å²) in [7, 11) is -1.10. The number of fused-ring (bicyclic) bond motifs is 3. The van der Waals surface area contributed by atoms with Crippen molar-refractivity contribution in [2.75, 3.05) is 27.0 Å². The van der Waals surface area contributed by atoms with Crippen LogP contribution in [0.25, 0.3) is 0 Å². The summed E-state index contributed by atoms with van der Waals surface area (Å²) in [5, 5.41) is 23.4. The lowest BCUT2D eigenvalue weighted by atomic mass is 9.75. The molecule has 13 nitrogen and oxygen atoms in total. The fourth-order valence-electron chi connectivity index (χ4n) is 10.7. The molecule has 0 spiro atoms. The topological polar surface area (TPSA) is 183 Å². The number of methoxy groups -OCH3 is 1. The van der Waals surface area contributed by atoms with Crippen LogP contribution >= 0.6 is 7.37 Å². The van der Waals surface area contributed by atoms with Crippen LogP contribution in [0.2, 0.25) is 0 Å². The fourth-order valence-corrected chi connectivity index (χ4v) is 11.7. The Kier molecular flexibility index (Phi) is 21.2. The Morgan fingerprint density at radius 1 is 0.896 bits per heavy atom. The third kappa shape index (κ3) is 15.7. The van der Waals surface area contributed by atoms with Crippen molar-refractivity contribution in [2.24, 2.45) is 47.3 Å². The minimum Gasteiger partial charge on any atom is -0.460 e. The second kappa shape index (κ2) is 25.2. The lowest BCUT2D eigenvalue weighted by molar-refractivity contribution is -0.265. The second-order valence-corrected chi connectivity index (χ2v) is 24.0. The number of ether oxygens (including phenoxy) is 3. The molecule has 0 aromatic heterocycles. The molecule has 3 fully saturated rings. The molecule has 0 unspecified atom stereocenters. The van der Waals surface area contributed by atoms with Gasteiger partial charge in [-0.2, -0.15) is 0 Å².